The molecule has 1 aromatic carbocycles. The number of likely N-dealkylation sites (tertiary alicyclic amines) is 1. The van der Waals surface area contributed by atoms with E-state index < -0.39 is 29.3 Å². The van der Waals surface area contributed by atoms with Crippen molar-refractivity contribution in [1.29, 1.82) is 0 Å². The molecule has 1 saturated heterocycles. The number of carbonyl (C=O) groups excluding carboxylic acids is 1. The number of para-hydroxylation sites is 1. The van der Waals surface area contributed by atoms with Crippen LogP contribution in [0.2, 0.25) is 0 Å². The van der Waals surface area contributed by atoms with E-state index >= 15 is 0 Å². The van der Waals surface area contributed by atoms with Crippen molar-refractivity contribution in [1.82, 2.24) is 9.88 Å². The van der Waals surface area contributed by atoms with E-state index in [4.69, 9.17) is 4.74 Å². The predicted octanol–water partition coefficient (Wildman–Crippen LogP) is 7.33. The van der Waals surface area contributed by atoms with E-state index in [1.807, 2.05) is 37.8 Å². The number of aryl methyl sites for hydroxylation is 2. The number of nitrogens with zero attached hydrogens (tertiary/aromatic N) is 2. The lowest BCUT2D eigenvalue weighted by Crippen LogP contribution is -2.52. The molecule has 204 valence electrons. The van der Waals surface area contributed by atoms with Crippen LogP contribution in [0.25, 0.3) is 0 Å². The number of hydrogen-bond acceptors (Lipinski definition) is 5. The highest BCUT2D eigenvalue weighted by Gasteiger charge is 2.59. The number of amides is 1. The maximum Gasteiger partial charge on any atom is 0.426 e. The fraction of sp³-hybridized carbons (Fsp3) is 0.429. The molecule has 1 aliphatic rings. The second kappa shape index (κ2) is 11.0. The molecule has 10 heteroatoms. The fourth-order valence-corrected chi connectivity index (χ4v) is 5.83. The Hall–Kier alpha value is -2.98. The first-order chi connectivity index (χ1) is 17.9. The summed E-state index contributed by atoms with van der Waals surface area (Å²) in [6, 6.07) is 14.9. The molecular weight excluding hydrogens is 518 g/mol. The van der Waals surface area contributed by atoms with E-state index in [-0.39, 0.29) is 30.9 Å². The third-order valence-electron chi connectivity index (χ3n) is 7.39. The second-order valence-electron chi connectivity index (χ2n) is 10.3. The summed E-state index contributed by atoms with van der Waals surface area (Å²) in [4.78, 5) is 19.7. The molecule has 2 atom stereocenters. The number of pyridine rings is 1. The molecular formula is C28H31F4N3O2S. The molecule has 5 nitrogen and oxygen atoms in total. The van der Waals surface area contributed by atoms with Crippen molar-refractivity contribution in [2.24, 2.45) is 5.41 Å². The number of benzene rings is 1. The summed E-state index contributed by atoms with van der Waals surface area (Å²) in [6.45, 7) is 6.20. The van der Waals surface area contributed by atoms with E-state index in [9.17, 15) is 22.4 Å². The number of anilines is 1. The van der Waals surface area contributed by atoms with Crippen LogP contribution in [-0.4, -0.2) is 41.3 Å². The monoisotopic (exact) mass is 549 g/mol. The molecule has 1 amide bonds. The molecule has 0 bridgehead atoms. The fourth-order valence-electron chi connectivity index (χ4n) is 5.11. The maximum absolute atomic E-state index is 14.6. The zero-order valence-corrected chi connectivity index (χ0v) is 22.3. The van der Waals surface area contributed by atoms with Crippen LogP contribution >= 0.6 is 11.3 Å². The Kier molecular flexibility index (Phi) is 8.13. The van der Waals surface area contributed by atoms with Gasteiger partial charge in [0.1, 0.15) is 0 Å². The molecule has 1 aliphatic heterocycles. The molecule has 2 aromatic heterocycles. The number of hydrogen-bond donors (Lipinski definition) is 1. The van der Waals surface area contributed by atoms with Crippen LogP contribution in [0.4, 0.5) is 28.0 Å². The summed E-state index contributed by atoms with van der Waals surface area (Å²) in [5.41, 5.74) is 0.0220. The number of thiophene rings is 1. The van der Waals surface area contributed by atoms with Gasteiger partial charge in [-0.15, -0.1) is 11.3 Å². The molecule has 3 aromatic rings. The first-order valence-corrected chi connectivity index (χ1v) is 13.2. The quantitative estimate of drug-likeness (QED) is 0.299. The Morgan fingerprint density at radius 3 is 2.50 bits per heavy atom. The first-order valence-electron chi connectivity index (χ1n) is 12.4. The Morgan fingerprint density at radius 2 is 1.89 bits per heavy atom. The van der Waals surface area contributed by atoms with Crippen molar-refractivity contribution in [2.75, 3.05) is 18.4 Å². The van der Waals surface area contributed by atoms with Gasteiger partial charge in [-0.2, -0.15) is 17.6 Å². The molecule has 0 radical (unpaired) electrons. The topological polar surface area (TPSA) is 54.5 Å². The van der Waals surface area contributed by atoms with Crippen LogP contribution in [0.3, 0.4) is 0 Å². The van der Waals surface area contributed by atoms with Gasteiger partial charge >= 0.3 is 12.3 Å². The van der Waals surface area contributed by atoms with E-state index in [0.29, 0.717) is 17.1 Å². The standard InChI is InChI=1S/C28H31F4N3O2S/c1-19-9-10-20(17-33-19)26(2,3)35-16-15-27(18-35,14-13-22-11-12-23(29)38-22)24(28(30,31)32)37-25(36)34-21-7-5-4-6-8-21/h4-12,17,24H,13-16,18H2,1-3H3,(H,34,36)/t24-,27?/m0/s1. The van der Waals surface area contributed by atoms with Gasteiger partial charge in [0, 0.05) is 40.0 Å². The minimum absolute atomic E-state index is 0.0462. The normalized spacial score (nSPS) is 19.3. The van der Waals surface area contributed by atoms with E-state index in [0.717, 1.165) is 22.6 Å². The van der Waals surface area contributed by atoms with E-state index in [1.165, 1.54) is 6.07 Å². The lowest BCUT2D eigenvalue weighted by molar-refractivity contribution is -0.237. The molecule has 38 heavy (non-hydrogen) atoms. The highest BCUT2D eigenvalue weighted by molar-refractivity contribution is 7.10. The molecule has 1 unspecified atom stereocenters. The molecule has 4 rings (SSSR count). The van der Waals surface area contributed by atoms with Gasteiger partial charge in [0.2, 0.25) is 6.10 Å². The van der Waals surface area contributed by atoms with Gasteiger partial charge in [0.05, 0.1) is 0 Å². The van der Waals surface area contributed by atoms with Crippen LogP contribution in [0.15, 0.2) is 60.8 Å². The SMILES string of the molecule is Cc1ccc(C(C)(C)N2CCC(CCc3ccc(F)s3)([C@H](OC(=O)Nc3ccccc3)C(F)(F)F)C2)cn1. The van der Waals surface area contributed by atoms with Gasteiger partial charge in [0.15, 0.2) is 5.13 Å². The van der Waals surface area contributed by atoms with Crippen molar-refractivity contribution in [3.05, 3.63) is 82.1 Å². The third-order valence-corrected chi connectivity index (χ3v) is 8.32. The number of nitrogens with one attached hydrogen (secondary N) is 1. The van der Waals surface area contributed by atoms with Crippen molar-refractivity contribution >= 4 is 23.1 Å². The lowest BCUT2D eigenvalue weighted by atomic mass is 9.76. The van der Waals surface area contributed by atoms with Gasteiger partial charge in [-0.3, -0.25) is 15.2 Å². The highest BCUT2D eigenvalue weighted by atomic mass is 32.1. The first kappa shape index (κ1) is 28.0. The summed E-state index contributed by atoms with van der Waals surface area (Å²) in [5, 5.41) is 2.02. The molecule has 0 saturated carbocycles. The van der Waals surface area contributed by atoms with Gasteiger partial charge in [-0.25, -0.2) is 4.79 Å². The molecule has 0 spiro atoms. The van der Waals surface area contributed by atoms with Crippen LogP contribution in [-0.2, 0) is 16.7 Å². The lowest BCUT2D eigenvalue weighted by Gasteiger charge is -2.41. The van der Waals surface area contributed by atoms with E-state index in [1.54, 1.807) is 42.6 Å². The minimum Gasteiger partial charge on any atom is -0.436 e. The zero-order chi connectivity index (χ0) is 27.6. The largest absolute Gasteiger partial charge is 0.436 e. The molecule has 1 N–H and O–H groups in total. The number of ether oxygens (including phenoxy) is 1. The van der Waals surface area contributed by atoms with Crippen molar-refractivity contribution in [2.45, 2.75) is 57.9 Å². The summed E-state index contributed by atoms with van der Waals surface area (Å²) in [6.07, 6.45) is -6.10. The second-order valence-corrected chi connectivity index (χ2v) is 11.4. The smallest absolute Gasteiger partial charge is 0.426 e. The van der Waals surface area contributed by atoms with Crippen molar-refractivity contribution in [3.63, 3.8) is 0 Å². The number of rotatable bonds is 8. The Morgan fingerprint density at radius 1 is 1.16 bits per heavy atom. The van der Waals surface area contributed by atoms with Gasteiger partial charge in [0.25, 0.3) is 0 Å². The average Bonchev–Trinajstić information content (AvgIpc) is 3.49. The van der Waals surface area contributed by atoms with Gasteiger partial charge < -0.3 is 4.74 Å². The van der Waals surface area contributed by atoms with Gasteiger partial charge in [-0.1, -0.05) is 24.3 Å². The van der Waals surface area contributed by atoms with Crippen LogP contribution in [0, 0.1) is 17.5 Å². The third kappa shape index (κ3) is 6.35. The van der Waals surface area contributed by atoms with Crippen molar-refractivity contribution in [3.8, 4) is 0 Å². The Balaban J connectivity index is 1.63. The Bertz CT molecular complexity index is 1230. The van der Waals surface area contributed by atoms with Crippen LogP contribution in [0.5, 0.6) is 0 Å². The predicted molar refractivity (Wildman–Crippen MR) is 140 cm³/mol. The molecule has 0 aliphatic carbocycles. The summed E-state index contributed by atoms with van der Waals surface area (Å²) in [7, 11) is 0. The summed E-state index contributed by atoms with van der Waals surface area (Å²) in [5.74, 6) is 0. The maximum atomic E-state index is 14.6. The summed E-state index contributed by atoms with van der Waals surface area (Å²) >= 11 is 0.919. The van der Waals surface area contributed by atoms with Gasteiger partial charge in [-0.05, 0) is 82.5 Å². The van der Waals surface area contributed by atoms with Crippen LogP contribution < -0.4 is 5.32 Å². The number of carbonyl (C=O) groups is 1. The molecule has 3 heterocycles. The highest BCUT2D eigenvalue weighted by Crippen LogP contribution is 2.49. The summed E-state index contributed by atoms with van der Waals surface area (Å²) < 4.78 is 62.8. The number of aromatic nitrogens is 1. The van der Waals surface area contributed by atoms with Crippen molar-refractivity contribution < 1.29 is 27.1 Å². The van der Waals surface area contributed by atoms with Crippen LogP contribution in [0.1, 0.15) is 42.8 Å². The van der Waals surface area contributed by atoms with E-state index in [2.05, 4.69) is 10.3 Å². The molecule has 1 fully saturated rings. The minimum atomic E-state index is -4.81. The number of alkyl halides is 3. The average molecular weight is 550 g/mol. The zero-order valence-electron chi connectivity index (χ0n) is 21.5. The number of halogens is 4. The Labute approximate surface area is 223 Å².